The Kier molecular flexibility index (Phi) is 3.42. The van der Waals surface area contributed by atoms with E-state index in [9.17, 15) is 9.59 Å². The second kappa shape index (κ2) is 4.85. The Bertz CT molecular complexity index is 325. The molecule has 13 heavy (non-hydrogen) atoms. The van der Waals surface area contributed by atoms with Crippen LogP contribution in [0.2, 0.25) is 0 Å². The monoisotopic (exact) mass is 177 g/mol. The van der Waals surface area contributed by atoms with Crippen molar-refractivity contribution in [2.45, 2.75) is 0 Å². The fourth-order valence-corrected chi connectivity index (χ4v) is 0.800. The van der Waals surface area contributed by atoms with Crippen molar-refractivity contribution in [1.82, 2.24) is 0 Å². The summed E-state index contributed by atoms with van der Waals surface area (Å²) in [7, 11) is 0. The molecule has 0 radical (unpaired) electrons. The van der Waals surface area contributed by atoms with Crippen LogP contribution in [0, 0.1) is 0 Å². The van der Waals surface area contributed by atoms with E-state index in [1.165, 1.54) is 6.08 Å². The summed E-state index contributed by atoms with van der Waals surface area (Å²) in [6.07, 6.45) is 2.09. The van der Waals surface area contributed by atoms with Crippen LogP contribution in [-0.2, 0) is 9.59 Å². The third-order valence-electron chi connectivity index (χ3n) is 1.33. The van der Waals surface area contributed by atoms with Crippen molar-refractivity contribution in [3.05, 3.63) is 24.3 Å². The first-order chi connectivity index (χ1) is 6.36. The van der Waals surface area contributed by atoms with E-state index in [0.29, 0.717) is 17.7 Å². The molecule has 1 aromatic carbocycles. The Morgan fingerprint density at radius 2 is 2.08 bits per heavy atom. The van der Waals surface area contributed by atoms with Crippen LogP contribution < -0.4 is 4.74 Å². The van der Waals surface area contributed by atoms with Gasteiger partial charge in [-0.25, -0.2) is 4.79 Å². The molecule has 0 unspecified atom stereocenters. The van der Waals surface area contributed by atoms with Gasteiger partial charge in [0.05, 0.1) is 5.69 Å². The molecule has 0 bridgehead atoms. The second-order valence-electron chi connectivity index (χ2n) is 2.17. The van der Waals surface area contributed by atoms with E-state index in [2.05, 4.69) is 4.99 Å². The Balaban J connectivity index is 2.68. The predicted octanol–water partition coefficient (Wildman–Crippen LogP) is 1.23. The van der Waals surface area contributed by atoms with Crippen LogP contribution in [0.5, 0.6) is 5.75 Å². The molecule has 0 aliphatic carbocycles. The Morgan fingerprint density at radius 1 is 1.38 bits per heavy atom. The van der Waals surface area contributed by atoms with Gasteiger partial charge in [-0.3, -0.25) is 4.79 Å². The van der Waals surface area contributed by atoms with Crippen LogP contribution in [0.4, 0.5) is 5.69 Å². The van der Waals surface area contributed by atoms with Crippen molar-refractivity contribution in [3.63, 3.8) is 0 Å². The summed E-state index contributed by atoms with van der Waals surface area (Å²) in [5, 5.41) is 0. The lowest BCUT2D eigenvalue weighted by Gasteiger charge is -2.00. The summed E-state index contributed by atoms with van der Waals surface area (Å²) >= 11 is 0. The molecule has 0 fully saturated rings. The molecular weight excluding hydrogens is 170 g/mol. The van der Waals surface area contributed by atoms with Crippen molar-refractivity contribution in [3.8, 4) is 5.75 Å². The highest BCUT2D eigenvalue weighted by Gasteiger charge is 1.92. The molecular formula is C9H7NO3. The second-order valence-corrected chi connectivity index (χ2v) is 2.17. The molecule has 0 atom stereocenters. The van der Waals surface area contributed by atoms with Crippen LogP contribution >= 0.6 is 0 Å². The highest BCUT2D eigenvalue weighted by atomic mass is 16.5. The van der Waals surface area contributed by atoms with Gasteiger partial charge in [-0.05, 0) is 24.3 Å². The number of aliphatic imine (C=N–C) groups is 1. The number of benzene rings is 1. The predicted molar refractivity (Wildman–Crippen MR) is 45.8 cm³/mol. The van der Waals surface area contributed by atoms with E-state index in [1.807, 2.05) is 0 Å². The summed E-state index contributed by atoms with van der Waals surface area (Å²) in [5.74, 6) is 0.567. The van der Waals surface area contributed by atoms with E-state index in [0.717, 1.165) is 0 Å². The maximum atomic E-state index is 9.95. The number of hydrogen-bond acceptors (Lipinski definition) is 4. The number of carbonyl (C=O) groups excluding carboxylic acids is 2. The van der Waals surface area contributed by atoms with Gasteiger partial charge in [-0.1, -0.05) is 0 Å². The number of hydrogen-bond donors (Lipinski definition) is 0. The summed E-state index contributed by atoms with van der Waals surface area (Å²) in [6, 6.07) is 6.45. The summed E-state index contributed by atoms with van der Waals surface area (Å²) in [5.41, 5.74) is 0.508. The van der Waals surface area contributed by atoms with Crippen LogP contribution in [0.3, 0.4) is 0 Å². The molecule has 0 saturated heterocycles. The quantitative estimate of drug-likeness (QED) is 0.395. The molecule has 0 N–H and O–H groups in total. The smallest absolute Gasteiger partial charge is 0.240 e. The first-order valence-corrected chi connectivity index (χ1v) is 3.61. The molecule has 1 aromatic rings. The Hall–Kier alpha value is -1.93. The van der Waals surface area contributed by atoms with Crippen molar-refractivity contribution in [2.75, 3.05) is 6.61 Å². The molecule has 0 saturated carbocycles. The normalized spacial score (nSPS) is 8.62. The fraction of sp³-hybridized carbons (Fsp3) is 0.111. The van der Waals surface area contributed by atoms with Gasteiger partial charge in [-0.15, -0.1) is 0 Å². The molecule has 0 amide bonds. The largest absolute Gasteiger partial charge is 0.486 e. The van der Waals surface area contributed by atoms with Gasteiger partial charge in [-0.2, -0.15) is 4.99 Å². The van der Waals surface area contributed by atoms with Crippen molar-refractivity contribution in [1.29, 1.82) is 0 Å². The van der Waals surface area contributed by atoms with Crippen molar-refractivity contribution < 1.29 is 14.3 Å². The number of rotatable bonds is 4. The number of ether oxygens (including phenoxy) is 1. The first-order valence-electron chi connectivity index (χ1n) is 3.61. The highest BCUT2D eigenvalue weighted by molar-refractivity contribution is 5.52. The van der Waals surface area contributed by atoms with Crippen LogP contribution in [0.1, 0.15) is 0 Å². The number of carbonyl (C=O) groups is 1. The van der Waals surface area contributed by atoms with E-state index in [-0.39, 0.29) is 6.61 Å². The lowest BCUT2D eigenvalue weighted by atomic mass is 10.3. The number of aldehydes is 1. The zero-order valence-electron chi connectivity index (χ0n) is 6.77. The van der Waals surface area contributed by atoms with Gasteiger partial charge < -0.3 is 4.74 Å². The van der Waals surface area contributed by atoms with E-state index < -0.39 is 0 Å². The minimum Gasteiger partial charge on any atom is -0.486 e. The number of nitrogens with zero attached hydrogens (tertiary/aromatic N) is 1. The lowest BCUT2D eigenvalue weighted by Crippen LogP contribution is -1.96. The third-order valence-corrected chi connectivity index (χ3v) is 1.33. The van der Waals surface area contributed by atoms with Crippen LogP contribution in [-0.4, -0.2) is 19.0 Å². The maximum Gasteiger partial charge on any atom is 0.240 e. The summed E-state index contributed by atoms with van der Waals surface area (Å²) < 4.78 is 4.98. The van der Waals surface area contributed by atoms with Gasteiger partial charge in [0.1, 0.15) is 12.4 Å². The van der Waals surface area contributed by atoms with Gasteiger partial charge in [0.2, 0.25) is 6.08 Å². The molecule has 1 rings (SSSR count). The molecule has 4 heteroatoms. The van der Waals surface area contributed by atoms with Gasteiger partial charge >= 0.3 is 0 Å². The van der Waals surface area contributed by atoms with Gasteiger partial charge in [0.25, 0.3) is 0 Å². The zero-order chi connectivity index (χ0) is 9.52. The van der Waals surface area contributed by atoms with E-state index in [1.54, 1.807) is 24.3 Å². The zero-order valence-corrected chi connectivity index (χ0v) is 6.77. The van der Waals surface area contributed by atoms with Gasteiger partial charge in [0, 0.05) is 0 Å². The lowest BCUT2D eigenvalue weighted by molar-refractivity contribution is -0.109. The Morgan fingerprint density at radius 3 is 2.62 bits per heavy atom. The average molecular weight is 177 g/mol. The van der Waals surface area contributed by atoms with Gasteiger partial charge in [0.15, 0.2) is 6.29 Å². The summed E-state index contributed by atoms with van der Waals surface area (Å²) in [4.78, 5) is 23.2. The van der Waals surface area contributed by atoms with Crippen LogP contribution in [0.25, 0.3) is 0 Å². The molecule has 4 nitrogen and oxygen atoms in total. The SMILES string of the molecule is O=C=Nc1ccc(OCC=O)cc1. The minimum atomic E-state index is 0.0241. The maximum absolute atomic E-state index is 9.95. The molecule has 66 valence electrons. The summed E-state index contributed by atoms with van der Waals surface area (Å²) in [6.45, 7) is 0.0241. The number of isocyanates is 1. The van der Waals surface area contributed by atoms with Crippen LogP contribution in [0.15, 0.2) is 29.3 Å². The first kappa shape index (κ1) is 9.16. The molecule has 0 heterocycles. The van der Waals surface area contributed by atoms with Crippen molar-refractivity contribution >= 4 is 18.1 Å². The molecule has 0 aliphatic rings. The Labute approximate surface area is 74.9 Å². The van der Waals surface area contributed by atoms with E-state index >= 15 is 0 Å². The standard InChI is InChI=1S/C9H7NO3/c11-5-6-13-9-3-1-8(2-4-9)10-7-12/h1-5H,6H2. The highest BCUT2D eigenvalue weighted by Crippen LogP contribution is 2.16. The minimum absolute atomic E-state index is 0.0241. The van der Waals surface area contributed by atoms with E-state index in [4.69, 9.17) is 4.74 Å². The topological polar surface area (TPSA) is 55.7 Å². The molecule has 0 aromatic heterocycles. The third kappa shape index (κ3) is 2.89. The molecule has 0 aliphatic heterocycles. The molecule has 0 spiro atoms. The average Bonchev–Trinajstić information content (AvgIpc) is 2.17. The van der Waals surface area contributed by atoms with Crippen molar-refractivity contribution in [2.24, 2.45) is 4.99 Å². The fourth-order valence-electron chi connectivity index (χ4n) is 0.800.